The van der Waals surface area contributed by atoms with Crippen molar-refractivity contribution in [1.29, 1.82) is 0 Å². The summed E-state index contributed by atoms with van der Waals surface area (Å²) in [5.74, 6) is -1.03. The van der Waals surface area contributed by atoms with E-state index in [1.165, 1.54) is 10.9 Å². The van der Waals surface area contributed by atoms with E-state index in [1.54, 1.807) is 20.0 Å². The number of aryl methyl sites for hydroxylation is 1. The summed E-state index contributed by atoms with van der Waals surface area (Å²) in [4.78, 5) is 3.97. The lowest BCUT2D eigenvalue weighted by Gasteiger charge is -2.10. The number of hydrogen-bond donors (Lipinski definition) is 1. The third-order valence-corrected chi connectivity index (χ3v) is 2.55. The Bertz CT molecular complexity index is 547. The molecule has 0 fully saturated rings. The van der Waals surface area contributed by atoms with Crippen molar-refractivity contribution in [1.82, 2.24) is 9.55 Å². The fourth-order valence-corrected chi connectivity index (χ4v) is 1.65. The quantitative estimate of drug-likeness (QED) is 0.872. The number of aromatic nitrogens is 2. The monoisotopic (exact) mass is 237 g/mol. The van der Waals surface area contributed by atoms with Gasteiger partial charge in [-0.25, -0.2) is 13.8 Å². The van der Waals surface area contributed by atoms with Crippen LogP contribution >= 0.6 is 0 Å². The number of nitrogens with two attached hydrogens (primary N) is 1. The van der Waals surface area contributed by atoms with Crippen molar-refractivity contribution < 1.29 is 8.78 Å². The van der Waals surface area contributed by atoms with Crippen molar-refractivity contribution in [3.8, 4) is 5.69 Å². The van der Waals surface area contributed by atoms with E-state index in [1.807, 2.05) is 0 Å². The minimum atomic E-state index is -0.539. The molecular weight excluding hydrogens is 224 g/mol. The molecule has 2 rings (SSSR count). The third kappa shape index (κ3) is 2.19. The summed E-state index contributed by atoms with van der Waals surface area (Å²) in [6.45, 7) is 3.39. The van der Waals surface area contributed by atoms with Gasteiger partial charge in [-0.2, -0.15) is 0 Å². The van der Waals surface area contributed by atoms with Gasteiger partial charge in [0, 0.05) is 23.9 Å². The van der Waals surface area contributed by atoms with Gasteiger partial charge in [0.1, 0.15) is 11.6 Å². The Morgan fingerprint density at radius 3 is 2.53 bits per heavy atom. The Morgan fingerprint density at radius 1 is 1.29 bits per heavy atom. The van der Waals surface area contributed by atoms with Crippen molar-refractivity contribution in [3.05, 3.63) is 47.5 Å². The fraction of sp³-hybridized carbons (Fsp3) is 0.250. The van der Waals surface area contributed by atoms with Gasteiger partial charge in [0.2, 0.25) is 0 Å². The maximum atomic E-state index is 13.8. The number of rotatable bonds is 2. The average molecular weight is 237 g/mol. The summed E-state index contributed by atoms with van der Waals surface area (Å²) in [6, 6.07) is 1.72. The standard InChI is InChI=1S/C12H13F2N3/c1-7-5-17(6-16-7)12-4-10(13)9(8(2)15)3-11(12)14/h3-6,8H,15H2,1-2H3/t8-/m0/s1. The first-order valence-electron chi connectivity index (χ1n) is 5.24. The Kier molecular flexibility index (Phi) is 2.93. The average Bonchev–Trinajstić information content (AvgIpc) is 2.67. The first kappa shape index (κ1) is 11.7. The van der Waals surface area contributed by atoms with E-state index in [4.69, 9.17) is 5.73 Å². The van der Waals surface area contributed by atoms with Crippen LogP contribution in [-0.2, 0) is 0 Å². The third-order valence-electron chi connectivity index (χ3n) is 2.55. The minimum Gasteiger partial charge on any atom is -0.324 e. The molecule has 1 heterocycles. The summed E-state index contributed by atoms with van der Waals surface area (Å²) < 4.78 is 29.0. The Balaban J connectivity index is 2.54. The fourth-order valence-electron chi connectivity index (χ4n) is 1.65. The van der Waals surface area contributed by atoms with Crippen molar-refractivity contribution >= 4 is 0 Å². The van der Waals surface area contributed by atoms with E-state index in [0.29, 0.717) is 0 Å². The van der Waals surface area contributed by atoms with Crippen LogP contribution in [0.5, 0.6) is 0 Å². The van der Waals surface area contributed by atoms with Crippen LogP contribution in [0.4, 0.5) is 8.78 Å². The maximum absolute atomic E-state index is 13.8. The predicted octanol–water partition coefficient (Wildman–Crippen LogP) is 2.48. The largest absolute Gasteiger partial charge is 0.324 e. The molecule has 0 aliphatic heterocycles. The van der Waals surface area contributed by atoms with Gasteiger partial charge in [-0.1, -0.05) is 0 Å². The second-order valence-electron chi connectivity index (χ2n) is 4.04. The summed E-state index contributed by atoms with van der Waals surface area (Å²) in [5, 5.41) is 0. The highest BCUT2D eigenvalue weighted by atomic mass is 19.1. The van der Waals surface area contributed by atoms with Gasteiger partial charge < -0.3 is 10.3 Å². The van der Waals surface area contributed by atoms with Crippen LogP contribution in [0.15, 0.2) is 24.7 Å². The van der Waals surface area contributed by atoms with Gasteiger partial charge in [0.25, 0.3) is 0 Å². The van der Waals surface area contributed by atoms with Crippen molar-refractivity contribution in [2.45, 2.75) is 19.9 Å². The topological polar surface area (TPSA) is 43.8 Å². The van der Waals surface area contributed by atoms with Gasteiger partial charge in [0.15, 0.2) is 0 Å². The number of hydrogen-bond acceptors (Lipinski definition) is 2. The van der Waals surface area contributed by atoms with Crippen molar-refractivity contribution in [2.24, 2.45) is 5.73 Å². The number of halogens is 2. The lowest BCUT2D eigenvalue weighted by atomic mass is 10.1. The van der Waals surface area contributed by atoms with E-state index in [0.717, 1.165) is 17.8 Å². The molecule has 2 aromatic rings. The van der Waals surface area contributed by atoms with E-state index in [2.05, 4.69) is 4.98 Å². The lowest BCUT2D eigenvalue weighted by molar-refractivity contribution is 0.566. The van der Waals surface area contributed by atoms with Crippen LogP contribution in [0.2, 0.25) is 0 Å². The second kappa shape index (κ2) is 4.25. The molecule has 2 N–H and O–H groups in total. The molecule has 1 aromatic heterocycles. The van der Waals surface area contributed by atoms with Gasteiger partial charge in [-0.3, -0.25) is 0 Å². The van der Waals surface area contributed by atoms with Gasteiger partial charge in [-0.15, -0.1) is 0 Å². The molecule has 0 radical (unpaired) electrons. The van der Waals surface area contributed by atoms with Crippen LogP contribution in [0.25, 0.3) is 5.69 Å². The summed E-state index contributed by atoms with van der Waals surface area (Å²) in [7, 11) is 0. The van der Waals surface area contributed by atoms with Crippen LogP contribution in [0.3, 0.4) is 0 Å². The van der Waals surface area contributed by atoms with Crippen molar-refractivity contribution in [3.63, 3.8) is 0 Å². The molecule has 0 aliphatic carbocycles. The molecule has 0 saturated heterocycles. The van der Waals surface area contributed by atoms with E-state index < -0.39 is 17.7 Å². The summed E-state index contributed by atoms with van der Waals surface area (Å²) in [5.41, 5.74) is 6.59. The molecule has 0 saturated carbocycles. The number of nitrogens with zero attached hydrogens (tertiary/aromatic N) is 2. The zero-order valence-corrected chi connectivity index (χ0v) is 9.61. The molecule has 17 heavy (non-hydrogen) atoms. The maximum Gasteiger partial charge on any atom is 0.147 e. The van der Waals surface area contributed by atoms with Gasteiger partial charge in [0.05, 0.1) is 17.7 Å². The molecule has 0 spiro atoms. The summed E-state index contributed by atoms with van der Waals surface area (Å²) in [6.07, 6.45) is 3.07. The molecule has 3 nitrogen and oxygen atoms in total. The minimum absolute atomic E-state index is 0.132. The highest BCUT2D eigenvalue weighted by Gasteiger charge is 2.13. The summed E-state index contributed by atoms with van der Waals surface area (Å²) >= 11 is 0. The number of benzene rings is 1. The Labute approximate surface area is 97.9 Å². The van der Waals surface area contributed by atoms with E-state index in [9.17, 15) is 8.78 Å². The SMILES string of the molecule is Cc1cn(-c2cc(F)c([C@H](C)N)cc2F)cn1. The van der Waals surface area contributed by atoms with Gasteiger partial charge in [-0.05, 0) is 19.9 Å². The van der Waals surface area contributed by atoms with Crippen molar-refractivity contribution in [2.75, 3.05) is 0 Å². The zero-order chi connectivity index (χ0) is 12.6. The first-order valence-corrected chi connectivity index (χ1v) is 5.24. The molecule has 5 heteroatoms. The Morgan fingerprint density at radius 2 is 2.00 bits per heavy atom. The molecule has 0 amide bonds. The molecular formula is C12H13F2N3. The molecule has 90 valence electrons. The van der Waals surface area contributed by atoms with Crippen LogP contribution in [0, 0.1) is 18.6 Å². The smallest absolute Gasteiger partial charge is 0.147 e. The van der Waals surface area contributed by atoms with Crippen LogP contribution < -0.4 is 5.73 Å². The second-order valence-corrected chi connectivity index (χ2v) is 4.04. The lowest BCUT2D eigenvalue weighted by Crippen LogP contribution is -2.09. The normalized spacial score (nSPS) is 12.8. The molecule has 0 aliphatic rings. The predicted molar refractivity (Wildman–Crippen MR) is 60.8 cm³/mol. The van der Waals surface area contributed by atoms with E-state index >= 15 is 0 Å². The first-order chi connectivity index (χ1) is 7.99. The molecule has 0 bridgehead atoms. The van der Waals surface area contributed by atoms with E-state index in [-0.39, 0.29) is 11.3 Å². The van der Waals surface area contributed by atoms with Gasteiger partial charge >= 0.3 is 0 Å². The highest BCUT2D eigenvalue weighted by Crippen LogP contribution is 2.22. The molecule has 0 unspecified atom stereocenters. The van der Waals surface area contributed by atoms with Crippen LogP contribution in [0.1, 0.15) is 24.2 Å². The highest BCUT2D eigenvalue weighted by molar-refractivity contribution is 5.38. The molecule has 1 atom stereocenters. The van der Waals surface area contributed by atoms with Crippen LogP contribution in [-0.4, -0.2) is 9.55 Å². The number of imidazole rings is 1. The Hall–Kier alpha value is -1.75. The zero-order valence-electron chi connectivity index (χ0n) is 9.61. The molecule has 1 aromatic carbocycles.